The molecule has 3 fully saturated rings. The van der Waals surface area contributed by atoms with Crippen LogP contribution in [0.5, 0.6) is 0 Å². The highest BCUT2D eigenvalue weighted by Crippen LogP contribution is 2.35. The molecule has 3 saturated heterocycles. The van der Waals surface area contributed by atoms with E-state index in [1.165, 1.54) is 24.2 Å². The van der Waals surface area contributed by atoms with Gasteiger partial charge in [0.25, 0.3) is 5.91 Å². The van der Waals surface area contributed by atoms with E-state index in [4.69, 9.17) is 0 Å². The van der Waals surface area contributed by atoms with Crippen molar-refractivity contribution in [1.29, 1.82) is 0 Å². The van der Waals surface area contributed by atoms with Gasteiger partial charge in [0.15, 0.2) is 0 Å². The van der Waals surface area contributed by atoms with Crippen LogP contribution in [0.25, 0.3) is 10.1 Å². The number of fused-ring (bicyclic) bond motifs is 4. The number of hydrogen-bond donors (Lipinski definition) is 3. The van der Waals surface area contributed by atoms with Crippen LogP contribution in [0.1, 0.15) is 39.6 Å². The standard InChI is InChI=1S/C26H29N3O3S/c30-25(28-22-16-29-11-9-18(22)10-12-29)23-14-19-7-4-8-21(24(19)33-23)20(15-27-26(31)32)13-17-5-2-1-3-6-17/h1-8,14,18,20,22,27H,9-13,15-16H2,(H,28,30)(H,31,32)/t20?,22-/m0/s1. The van der Waals surface area contributed by atoms with Crippen molar-refractivity contribution in [2.24, 2.45) is 5.92 Å². The summed E-state index contributed by atoms with van der Waals surface area (Å²) in [6.45, 7) is 3.57. The maximum atomic E-state index is 13.1. The Kier molecular flexibility index (Phi) is 6.33. The molecule has 3 aliphatic heterocycles. The van der Waals surface area contributed by atoms with E-state index < -0.39 is 6.09 Å². The zero-order chi connectivity index (χ0) is 22.8. The van der Waals surface area contributed by atoms with Gasteiger partial charge in [-0.1, -0.05) is 48.5 Å². The van der Waals surface area contributed by atoms with Gasteiger partial charge in [-0.15, -0.1) is 11.3 Å². The zero-order valence-corrected chi connectivity index (χ0v) is 19.3. The van der Waals surface area contributed by atoms with E-state index in [1.807, 2.05) is 36.4 Å². The number of carbonyl (C=O) groups excluding carboxylic acids is 1. The van der Waals surface area contributed by atoms with Crippen LogP contribution >= 0.6 is 11.3 Å². The summed E-state index contributed by atoms with van der Waals surface area (Å²) in [6, 6.07) is 18.4. The van der Waals surface area contributed by atoms with Gasteiger partial charge >= 0.3 is 6.09 Å². The quantitative estimate of drug-likeness (QED) is 0.487. The van der Waals surface area contributed by atoms with Gasteiger partial charge in [0, 0.05) is 29.7 Å². The van der Waals surface area contributed by atoms with E-state index in [9.17, 15) is 14.7 Å². The van der Waals surface area contributed by atoms with Crippen LogP contribution in [-0.2, 0) is 6.42 Å². The van der Waals surface area contributed by atoms with Crippen molar-refractivity contribution in [3.05, 3.63) is 70.6 Å². The number of piperidine rings is 3. The van der Waals surface area contributed by atoms with Crippen molar-refractivity contribution in [1.82, 2.24) is 15.5 Å². The van der Waals surface area contributed by atoms with Gasteiger partial charge in [-0.3, -0.25) is 4.79 Å². The summed E-state index contributed by atoms with van der Waals surface area (Å²) in [5.74, 6) is 0.564. The minimum absolute atomic E-state index is 0.00386. The van der Waals surface area contributed by atoms with Crippen LogP contribution in [-0.4, -0.2) is 54.2 Å². The van der Waals surface area contributed by atoms with Crippen molar-refractivity contribution in [2.75, 3.05) is 26.2 Å². The van der Waals surface area contributed by atoms with Gasteiger partial charge in [0.1, 0.15) is 0 Å². The summed E-state index contributed by atoms with van der Waals surface area (Å²) in [6.07, 6.45) is 2.03. The number of benzene rings is 2. The van der Waals surface area contributed by atoms with Crippen LogP contribution in [0.2, 0.25) is 0 Å². The number of nitrogens with zero attached hydrogens (tertiary/aromatic N) is 1. The number of nitrogens with one attached hydrogen (secondary N) is 2. The maximum Gasteiger partial charge on any atom is 0.404 e. The number of carbonyl (C=O) groups is 2. The Hall–Kier alpha value is -2.90. The van der Waals surface area contributed by atoms with Crippen LogP contribution < -0.4 is 10.6 Å². The van der Waals surface area contributed by atoms with Crippen LogP contribution in [0.3, 0.4) is 0 Å². The first-order valence-electron chi connectivity index (χ1n) is 11.6. The molecule has 6 rings (SSSR count). The molecular formula is C26H29N3O3S. The van der Waals surface area contributed by atoms with Crippen molar-refractivity contribution >= 4 is 33.4 Å². The molecular weight excluding hydrogens is 434 g/mol. The summed E-state index contributed by atoms with van der Waals surface area (Å²) in [5.41, 5.74) is 2.24. The van der Waals surface area contributed by atoms with Crippen molar-refractivity contribution in [3.8, 4) is 0 Å². The van der Waals surface area contributed by atoms with E-state index in [0.717, 1.165) is 52.1 Å². The molecule has 4 heterocycles. The third-order valence-corrected chi connectivity index (χ3v) is 8.23. The van der Waals surface area contributed by atoms with E-state index in [2.05, 4.69) is 33.7 Å². The van der Waals surface area contributed by atoms with Gasteiger partial charge in [-0.05, 0) is 60.8 Å². The number of thiophene rings is 1. The first kappa shape index (κ1) is 21.9. The second-order valence-corrected chi connectivity index (χ2v) is 10.2. The summed E-state index contributed by atoms with van der Waals surface area (Å²) >= 11 is 1.51. The number of hydrogen-bond acceptors (Lipinski definition) is 4. The fourth-order valence-corrected chi connectivity index (χ4v) is 6.44. The lowest BCUT2D eigenvalue weighted by atomic mass is 9.84. The molecule has 2 bridgehead atoms. The first-order valence-corrected chi connectivity index (χ1v) is 12.4. The topological polar surface area (TPSA) is 81.7 Å². The van der Waals surface area contributed by atoms with E-state index >= 15 is 0 Å². The van der Waals surface area contributed by atoms with Crippen LogP contribution in [0.4, 0.5) is 4.79 Å². The smallest absolute Gasteiger partial charge is 0.404 e. The van der Waals surface area contributed by atoms with Gasteiger partial charge in [-0.25, -0.2) is 4.79 Å². The van der Waals surface area contributed by atoms with Crippen molar-refractivity contribution < 1.29 is 14.7 Å². The average molecular weight is 464 g/mol. The monoisotopic (exact) mass is 463 g/mol. The van der Waals surface area contributed by atoms with Gasteiger partial charge in [-0.2, -0.15) is 0 Å². The molecule has 0 aliphatic carbocycles. The molecule has 6 nitrogen and oxygen atoms in total. The molecule has 0 saturated carbocycles. The van der Waals surface area contributed by atoms with Crippen molar-refractivity contribution in [3.63, 3.8) is 0 Å². The average Bonchev–Trinajstić information content (AvgIpc) is 3.28. The first-order chi connectivity index (χ1) is 16.1. The summed E-state index contributed by atoms with van der Waals surface area (Å²) in [7, 11) is 0. The SMILES string of the molecule is O=C(O)NCC(Cc1ccccc1)c1cccc2cc(C(=O)N[C@H]3CN4CCC3CC4)sc12. The molecule has 1 aromatic heterocycles. The second-order valence-electron chi connectivity index (χ2n) is 9.17. The molecule has 1 unspecified atom stereocenters. The van der Waals surface area contributed by atoms with E-state index in [1.54, 1.807) is 0 Å². The van der Waals surface area contributed by atoms with E-state index in [0.29, 0.717) is 12.5 Å². The molecule has 3 aliphatic rings. The highest BCUT2D eigenvalue weighted by atomic mass is 32.1. The molecule has 2 aromatic carbocycles. The third-order valence-electron chi connectivity index (χ3n) is 7.04. The normalized spacial score (nSPS) is 22.7. The summed E-state index contributed by atoms with van der Waals surface area (Å²) in [4.78, 5) is 27.5. The Balaban J connectivity index is 1.40. The Morgan fingerprint density at radius 1 is 1.09 bits per heavy atom. The fourth-order valence-electron chi connectivity index (χ4n) is 5.29. The zero-order valence-electron chi connectivity index (χ0n) is 18.5. The largest absolute Gasteiger partial charge is 0.465 e. The van der Waals surface area contributed by atoms with Gasteiger partial charge in [0.05, 0.1) is 4.88 Å². The predicted octanol–water partition coefficient (Wildman–Crippen LogP) is 4.32. The highest BCUT2D eigenvalue weighted by Gasteiger charge is 2.35. The van der Waals surface area contributed by atoms with Crippen LogP contribution in [0, 0.1) is 5.92 Å². The Bertz CT molecular complexity index is 1140. The summed E-state index contributed by atoms with van der Waals surface area (Å²) in [5, 5.41) is 16.1. The minimum Gasteiger partial charge on any atom is -0.465 e. The molecule has 2 amide bonds. The Labute approximate surface area is 197 Å². The minimum atomic E-state index is -1.02. The highest BCUT2D eigenvalue weighted by molar-refractivity contribution is 7.21. The molecule has 3 aromatic rings. The van der Waals surface area contributed by atoms with E-state index in [-0.39, 0.29) is 17.9 Å². The fraction of sp³-hybridized carbons (Fsp3) is 0.385. The maximum absolute atomic E-state index is 13.1. The molecule has 0 radical (unpaired) electrons. The molecule has 2 atom stereocenters. The van der Waals surface area contributed by atoms with Crippen molar-refractivity contribution in [2.45, 2.75) is 31.2 Å². The Morgan fingerprint density at radius 2 is 1.88 bits per heavy atom. The van der Waals surface area contributed by atoms with Gasteiger partial charge in [0.2, 0.25) is 0 Å². The molecule has 172 valence electrons. The third kappa shape index (κ3) is 4.89. The van der Waals surface area contributed by atoms with Crippen LogP contribution in [0.15, 0.2) is 54.6 Å². The number of carboxylic acid groups (broad SMARTS) is 1. The second kappa shape index (κ2) is 9.53. The molecule has 33 heavy (non-hydrogen) atoms. The number of amides is 2. The lowest BCUT2D eigenvalue weighted by Crippen LogP contribution is -2.57. The van der Waals surface area contributed by atoms with Gasteiger partial charge < -0.3 is 20.6 Å². The predicted molar refractivity (Wildman–Crippen MR) is 131 cm³/mol. The molecule has 0 spiro atoms. The lowest BCUT2D eigenvalue weighted by molar-refractivity contribution is 0.0622. The number of rotatable bonds is 7. The molecule has 3 N–H and O–H groups in total. The molecule has 7 heteroatoms. The summed E-state index contributed by atoms with van der Waals surface area (Å²) < 4.78 is 1.06. The Morgan fingerprint density at radius 3 is 2.58 bits per heavy atom. The lowest BCUT2D eigenvalue weighted by Gasteiger charge is -2.44.